The molecule has 0 spiro atoms. The maximum Gasteiger partial charge on any atom is 0.340 e. The lowest BCUT2D eigenvalue weighted by atomic mass is 10.1. The van der Waals surface area contributed by atoms with Gasteiger partial charge < -0.3 is 25.6 Å². The molecule has 2 aliphatic rings. The third-order valence-corrected chi connectivity index (χ3v) is 7.67. The van der Waals surface area contributed by atoms with E-state index in [1.165, 1.54) is 25.3 Å². The van der Waals surface area contributed by atoms with Gasteiger partial charge in [-0.25, -0.2) is 22.7 Å². The summed E-state index contributed by atoms with van der Waals surface area (Å²) in [4.78, 5) is 37.7. The topological polar surface area (TPSA) is 146 Å². The average molecular weight is 496 g/mol. The zero-order valence-corrected chi connectivity index (χ0v) is 20.8. The van der Waals surface area contributed by atoms with Gasteiger partial charge in [-0.1, -0.05) is 0 Å². The van der Waals surface area contributed by atoms with E-state index in [2.05, 4.69) is 20.7 Å². The number of carbonyl (C=O) groups excluding carboxylic acids is 3. The molecule has 1 aliphatic heterocycles. The smallest absolute Gasteiger partial charge is 0.340 e. The van der Waals surface area contributed by atoms with E-state index < -0.39 is 21.5 Å². The van der Waals surface area contributed by atoms with Crippen molar-refractivity contribution in [2.75, 3.05) is 39.1 Å². The summed E-state index contributed by atoms with van der Waals surface area (Å²) in [5, 5.41) is 8.63. The first-order chi connectivity index (χ1) is 15.9. The van der Waals surface area contributed by atoms with Crippen LogP contribution in [-0.4, -0.2) is 76.6 Å². The van der Waals surface area contributed by atoms with E-state index in [1.807, 2.05) is 13.8 Å². The van der Waals surface area contributed by atoms with Crippen molar-refractivity contribution in [2.45, 2.75) is 49.6 Å². The molecule has 4 N–H and O–H groups in total. The lowest BCUT2D eigenvalue weighted by Gasteiger charge is -2.20. The molecule has 1 aromatic carbocycles. The zero-order valence-electron chi connectivity index (χ0n) is 19.9. The molecule has 11 nitrogen and oxygen atoms in total. The molecule has 1 saturated heterocycles. The number of methoxy groups -OCH3 is 1. The molecule has 2 atom stereocenters. The predicted molar refractivity (Wildman–Crippen MR) is 126 cm³/mol. The van der Waals surface area contributed by atoms with Crippen LogP contribution in [0.2, 0.25) is 0 Å². The van der Waals surface area contributed by atoms with Gasteiger partial charge in [-0.2, -0.15) is 0 Å². The minimum absolute atomic E-state index is 0.0206. The molecule has 1 aliphatic carbocycles. The Hall–Kier alpha value is -2.86. The van der Waals surface area contributed by atoms with E-state index in [1.54, 1.807) is 11.9 Å². The highest BCUT2D eigenvalue weighted by atomic mass is 32.2. The van der Waals surface area contributed by atoms with E-state index in [-0.39, 0.29) is 40.9 Å². The van der Waals surface area contributed by atoms with Gasteiger partial charge in [-0.3, -0.25) is 4.79 Å². The van der Waals surface area contributed by atoms with E-state index in [0.717, 1.165) is 12.8 Å². The Bertz CT molecular complexity index is 1060. The van der Waals surface area contributed by atoms with Crippen molar-refractivity contribution < 1.29 is 27.5 Å². The Balaban J connectivity index is 1.57. The van der Waals surface area contributed by atoms with E-state index in [0.29, 0.717) is 25.2 Å². The Morgan fingerprint density at radius 3 is 2.56 bits per heavy atom. The van der Waals surface area contributed by atoms with Crippen LogP contribution in [0.4, 0.5) is 10.5 Å². The van der Waals surface area contributed by atoms with Gasteiger partial charge in [-0.15, -0.1) is 0 Å². The highest BCUT2D eigenvalue weighted by molar-refractivity contribution is 7.89. The summed E-state index contributed by atoms with van der Waals surface area (Å²) >= 11 is 0. The van der Waals surface area contributed by atoms with Crippen LogP contribution in [0.25, 0.3) is 0 Å². The molecule has 1 unspecified atom stereocenters. The minimum Gasteiger partial charge on any atom is -0.465 e. The minimum atomic E-state index is -3.78. The first-order valence-electron chi connectivity index (χ1n) is 11.2. The van der Waals surface area contributed by atoms with Gasteiger partial charge in [0.25, 0.3) is 0 Å². The Labute approximate surface area is 200 Å². The van der Waals surface area contributed by atoms with Crippen LogP contribution in [0.15, 0.2) is 23.1 Å². The summed E-state index contributed by atoms with van der Waals surface area (Å²) in [6.07, 6.45) is 1.96. The van der Waals surface area contributed by atoms with Gasteiger partial charge in [0, 0.05) is 56.3 Å². The summed E-state index contributed by atoms with van der Waals surface area (Å²) < 4.78 is 32.9. The molecule has 188 valence electrons. The number of anilines is 1. The van der Waals surface area contributed by atoms with Crippen molar-refractivity contribution >= 4 is 33.6 Å². The van der Waals surface area contributed by atoms with Gasteiger partial charge in [-0.05, 0) is 44.9 Å². The standard InChI is InChI=1S/C22H33N5O6S/c1-14(11-23-21(30)24-12-15-9-19(28)27(3)13-15)25-18-6-5-16(10-17(18)20(29)33-4)34(31,32)26-22(2)7-8-22/h5-6,10,14-15,25-26H,7-9,11-13H2,1-4H3,(H2,23,24,30)/t14-,15?/m1/s1. The third-order valence-electron chi connectivity index (χ3n) is 6.03. The highest BCUT2D eigenvalue weighted by Crippen LogP contribution is 2.36. The number of nitrogens with one attached hydrogen (secondary N) is 4. The molecule has 3 amide bonds. The fraction of sp³-hybridized carbons (Fsp3) is 0.591. The molecule has 0 bridgehead atoms. The number of rotatable bonds is 10. The van der Waals surface area contributed by atoms with Crippen LogP contribution >= 0.6 is 0 Å². The Morgan fingerprint density at radius 2 is 1.97 bits per heavy atom. The first-order valence-corrected chi connectivity index (χ1v) is 12.7. The molecule has 0 aromatic heterocycles. The molecule has 1 aromatic rings. The SMILES string of the molecule is COC(=O)c1cc(S(=O)(=O)NC2(C)CC2)ccc1N[C@H](C)CNC(=O)NCC1CC(=O)N(C)C1. The van der Waals surface area contributed by atoms with Gasteiger partial charge in [0.1, 0.15) is 0 Å². The van der Waals surface area contributed by atoms with Crippen LogP contribution in [-0.2, 0) is 19.6 Å². The first kappa shape index (κ1) is 25.8. The second-order valence-electron chi connectivity index (χ2n) is 9.35. The van der Waals surface area contributed by atoms with Gasteiger partial charge in [0.2, 0.25) is 15.9 Å². The third kappa shape index (κ3) is 6.60. The molecule has 1 saturated carbocycles. The maximum atomic E-state index is 12.7. The van der Waals surface area contributed by atoms with Crippen molar-refractivity contribution in [3.63, 3.8) is 0 Å². The van der Waals surface area contributed by atoms with Crippen molar-refractivity contribution in [3.05, 3.63) is 23.8 Å². The number of hydrogen-bond donors (Lipinski definition) is 4. The number of benzene rings is 1. The number of nitrogens with zero attached hydrogens (tertiary/aromatic N) is 1. The Kier molecular flexibility index (Phi) is 7.71. The number of hydrogen-bond acceptors (Lipinski definition) is 7. The number of likely N-dealkylation sites (tertiary alicyclic amines) is 1. The van der Waals surface area contributed by atoms with Crippen LogP contribution in [0.3, 0.4) is 0 Å². The van der Waals surface area contributed by atoms with E-state index in [4.69, 9.17) is 4.74 Å². The quantitative estimate of drug-likeness (QED) is 0.353. The normalized spacial score (nSPS) is 19.9. The fourth-order valence-electron chi connectivity index (χ4n) is 3.72. The monoisotopic (exact) mass is 495 g/mol. The summed E-state index contributed by atoms with van der Waals surface area (Å²) in [5.41, 5.74) is 0.0359. The molecule has 3 rings (SSSR count). The second kappa shape index (κ2) is 10.2. The molecule has 0 radical (unpaired) electrons. The van der Waals surface area contributed by atoms with Gasteiger partial charge >= 0.3 is 12.0 Å². The van der Waals surface area contributed by atoms with Crippen molar-refractivity contribution in [2.24, 2.45) is 5.92 Å². The summed E-state index contributed by atoms with van der Waals surface area (Å²) in [7, 11) is -0.817. The summed E-state index contributed by atoms with van der Waals surface area (Å²) in [5.74, 6) is -0.512. The highest BCUT2D eigenvalue weighted by Gasteiger charge is 2.41. The fourth-order valence-corrected chi connectivity index (χ4v) is 5.21. The summed E-state index contributed by atoms with van der Waals surface area (Å²) in [6, 6.07) is 3.59. The van der Waals surface area contributed by atoms with Gasteiger partial charge in [0.15, 0.2) is 0 Å². The number of carbonyl (C=O) groups is 3. The number of sulfonamides is 1. The molecular weight excluding hydrogens is 462 g/mol. The molecule has 2 fully saturated rings. The van der Waals surface area contributed by atoms with Crippen LogP contribution in [0.1, 0.15) is 43.5 Å². The van der Waals surface area contributed by atoms with E-state index in [9.17, 15) is 22.8 Å². The lowest BCUT2D eigenvalue weighted by Crippen LogP contribution is -2.42. The molecule has 34 heavy (non-hydrogen) atoms. The molecular formula is C22H33N5O6S. The average Bonchev–Trinajstić information content (AvgIpc) is 3.41. The number of esters is 1. The second-order valence-corrected chi connectivity index (χ2v) is 11.0. The predicted octanol–water partition coefficient (Wildman–Crippen LogP) is 0.882. The number of urea groups is 1. The van der Waals surface area contributed by atoms with Gasteiger partial charge in [0.05, 0.1) is 17.6 Å². The van der Waals surface area contributed by atoms with Crippen molar-refractivity contribution in [3.8, 4) is 0 Å². The summed E-state index contributed by atoms with van der Waals surface area (Å²) in [6.45, 7) is 4.91. The van der Waals surface area contributed by atoms with Crippen molar-refractivity contribution in [1.82, 2.24) is 20.3 Å². The number of ether oxygens (including phenoxy) is 1. The maximum absolute atomic E-state index is 12.7. The van der Waals surface area contributed by atoms with Crippen LogP contribution in [0, 0.1) is 5.92 Å². The van der Waals surface area contributed by atoms with Crippen LogP contribution < -0.4 is 20.7 Å². The molecule has 12 heteroatoms. The van der Waals surface area contributed by atoms with Crippen LogP contribution in [0.5, 0.6) is 0 Å². The lowest BCUT2D eigenvalue weighted by molar-refractivity contribution is -0.126. The largest absolute Gasteiger partial charge is 0.465 e. The zero-order chi connectivity index (χ0) is 25.1. The number of amides is 3. The van der Waals surface area contributed by atoms with E-state index >= 15 is 0 Å². The molecule has 1 heterocycles. The Morgan fingerprint density at radius 1 is 1.26 bits per heavy atom. The van der Waals surface area contributed by atoms with Crippen molar-refractivity contribution in [1.29, 1.82) is 0 Å².